The number of ether oxygens (including phenoxy) is 2. The molecule has 0 radical (unpaired) electrons. The van der Waals surface area contributed by atoms with E-state index in [1.54, 1.807) is 12.1 Å². The molecule has 0 aliphatic rings. The first kappa shape index (κ1) is 44.6. The molecule has 0 saturated heterocycles. The lowest BCUT2D eigenvalue weighted by Crippen LogP contribution is -2.22. The largest absolute Gasteiger partial charge is 0.458 e. The number of hydrogen-bond donors (Lipinski definition) is 0. The van der Waals surface area contributed by atoms with Crippen molar-refractivity contribution < 1.29 is 19.1 Å². The monoisotopic (exact) mass is 782 g/mol. The van der Waals surface area contributed by atoms with Gasteiger partial charge in [-0.3, -0.25) is 0 Å². The van der Waals surface area contributed by atoms with Crippen LogP contribution in [0.1, 0.15) is 55.4 Å². The summed E-state index contributed by atoms with van der Waals surface area (Å²) in [5.74, 6) is 2.05. The molecular weight excluding hydrogens is 729 g/mol. The summed E-state index contributed by atoms with van der Waals surface area (Å²) in [5.41, 5.74) is 10.4. The lowest BCUT2D eigenvalue weighted by atomic mass is 9.99. The van der Waals surface area contributed by atoms with Gasteiger partial charge in [0.15, 0.2) is 0 Å². The number of benzene rings is 4. The summed E-state index contributed by atoms with van der Waals surface area (Å²) in [6.07, 6.45) is 27.8. The molecule has 1 atom stereocenters. The minimum absolute atomic E-state index is 0.174. The second-order valence-electron chi connectivity index (χ2n) is 13.5. The first-order valence-corrected chi connectivity index (χ1v) is 19.7. The maximum absolute atomic E-state index is 11.7. The van der Waals surface area contributed by atoms with Crippen molar-refractivity contribution in [3.05, 3.63) is 211 Å². The lowest BCUT2D eigenvalue weighted by molar-refractivity contribution is -0.136. The van der Waals surface area contributed by atoms with E-state index < -0.39 is 11.9 Å². The Kier molecular flexibility index (Phi) is 17.5. The first-order valence-electron chi connectivity index (χ1n) is 19.7. The zero-order valence-corrected chi connectivity index (χ0v) is 34.8. The molecule has 4 rings (SSSR count). The predicted molar refractivity (Wildman–Crippen MR) is 246 cm³/mol. The molecule has 0 fully saturated rings. The molecule has 4 aromatic rings. The van der Waals surface area contributed by atoms with Crippen LogP contribution in [0.25, 0.3) is 5.57 Å². The van der Waals surface area contributed by atoms with E-state index in [1.807, 2.05) is 37.3 Å². The van der Waals surface area contributed by atoms with Crippen LogP contribution in [-0.2, 0) is 14.3 Å². The topological polar surface area (TPSA) is 59.1 Å². The summed E-state index contributed by atoms with van der Waals surface area (Å²) in [6.45, 7) is 18.0. The Morgan fingerprint density at radius 1 is 0.729 bits per heavy atom. The highest BCUT2D eigenvalue weighted by atomic mass is 16.5. The Bertz CT molecular complexity index is 2260. The van der Waals surface area contributed by atoms with E-state index >= 15 is 0 Å². The standard InChI is InChI=1S/C53H54N2O4/c1-9-17-43(18-16-39-58-52(56)13-5)45-25-34-50(35-26-45)55(49-31-22-41(8)23-32-49)47(12-4)19-15-38-54(48-29-20-40(7)21-30-48)46(11-3)33-24-42(10-2)44-27-36-51(37-28-44)59-53(57)14-6/h2,11-37,42H,5-6,9,38-39H2,1,3-4,7-8H3/b18-16-,19-15-,33-24-,43-17+,46-11+,47-12+. The fourth-order valence-electron chi connectivity index (χ4n) is 6.17. The van der Waals surface area contributed by atoms with Crippen LogP contribution >= 0.6 is 0 Å². The van der Waals surface area contributed by atoms with Crippen LogP contribution in [-0.4, -0.2) is 25.1 Å². The van der Waals surface area contributed by atoms with Gasteiger partial charge >= 0.3 is 11.9 Å². The van der Waals surface area contributed by atoms with Crippen LogP contribution in [0.5, 0.6) is 5.75 Å². The molecule has 4 aromatic carbocycles. The van der Waals surface area contributed by atoms with Crippen LogP contribution < -0.4 is 14.5 Å². The molecule has 0 aliphatic carbocycles. The Morgan fingerprint density at radius 2 is 1.31 bits per heavy atom. The number of anilines is 3. The van der Waals surface area contributed by atoms with Gasteiger partial charge in [-0.05, 0) is 118 Å². The number of carbonyl (C=O) groups excluding carboxylic acids is 2. The van der Waals surface area contributed by atoms with Crippen LogP contribution in [0.3, 0.4) is 0 Å². The van der Waals surface area contributed by atoms with Crippen molar-refractivity contribution in [3.63, 3.8) is 0 Å². The van der Waals surface area contributed by atoms with E-state index in [9.17, 15) is 9.59 Å². The highest BCUT2D eigenvalue weighted by molar-refractivity contribution is 5.83. The van der Waals surface area contributed by atoms with Gasteiger partial charge in [0.1, 0.15) is 12.4 Å². The van der Waals surface area contributed by atoms with Crippen molar-refractivity contribution in [1.29, 1.82) is 0 Å². The third kappa shape index (κ3) is 13.2. The maximum Gasteiger partial charge on any atom is 0.335 e. The highest BCUT2D eigenvalue weighted by Crippen LogP contribution is 2.33. The minimum Gasteiger partial charge on any atom is -0.458 e. The molecule has 0 aromatic heterocycles. The van der Waals surface area contributed by atoms with Gasteiger partial charge in [0.25, 0.3) is 0 Å². The lowest BCUT2D eigenvalue weighted by Gasteiger charge is -2.28. The quantitative estimate of drug-likeness (QED) is 0.0310. The highest BCUT2D eigenvalue weighted by Gasteiger charge is 2.15. The summed E-state index contributed by atoms with van der Waals surface area (Å²) in [4.78, 5) is 27.7. The zero-order chi connectivity index (χ0) is 42.6. The number of carbonyl (C=O) groups is 2. The van der Waals surface area contributed by atoms with E-state index in [-0.39, 0.29) is 12.5 Å². The molecule has 0 N–H and O–H groups in total. The van der Waals surface area contributed by atoms with Gasteiger partial charge in [-0.1, -0.05) is 122 Å². The van der Waals surface area contributed by atoms with Crippen molar-refractivity contribution >= 4 is 34.6 Å². The summed E-state index contributed by atoms with van der Waals surface area (Å²) in [6, 6.07) is 32.7. The van der Waals surface area contributed by atoms with E-state index in [2.05, 4.69) is 166 Å². The molecule has 0 heterocycles. The number of allylic oxidation sites excluding steroid dienone is 8. The normalized spacial score (nSPS) is 12.6. The fourth-order valence-corrected chi connectivity index (χ4v) is 6.17. The SMILES string of the molecule is C#CC(/C=C\C(=C/C)N(C/C=C\C(=C/C)N(c1ccc(C)cc1)c1ccc(C(/C=C\COC(=O)C=C)=C/CC)cc1)c1ccc(C)cc1)c1ccc(OC(=O)C=C)cc1. The number of terminal acetylenes is 1. The van der Waals surface area contributed by atoms with Gasteiger partial charge in [-0.2, -0.15) is 0 Å². The van der Waals surface area contributed by atoms with Crippen LogP contribution in [0.15, 0.2) is 188 Å². The average Bonchev–Trinajstić information content (AvgIpc) is 3.26. The molecule has 0 saturated carbocycles. The van der Waals surface area contributed by atoms with Crippen molar-refractivity contribution in [3.8, 4) is 18.1 Å². The molecule has 0 aliphatic heterocycles. The van der Waals surface area contributed by atoms with E-state index in [4.69, 9.17) is 15.9 Å². The molecule has 0 amide bonds. The Hall–Kier alpha value is -7.10. The molecule has 300 valence electrons. The van der Waals surface area contributed by atoms with Crippen molar-refractivity contribution in [1.82, 2.24) is 0 Å². The first-order chi connectivity index (χ1) is 28.6. The van der Waals surface area contributed by atoms with Gasteiger partial charge in [0.2, 0.25) is 0 Å². The number of aryl methyl sites for hydroxylation is 2. The number of esters is 2. The fraction of sp³-hybridized carbons (Fsp3) is 0.170. The van der Waals surface area contributed by atoms with Gasteiger partial charge < -0.3 is 19.3 Å². The van der Waals surface area contributed by atoms with E-state index in [1.165, 1.54) is 11.1 Å². The minimum atomic E-state index is -0.515. The zero-order valence-electron chi connectivity index (χ0n) is 34.8. The Labute approximate surface area is 351 Å². The Morgan fingerprint density at radius 3 is 1.85 bits per heavy atom. The Balaban J connectivity index is 1.64. The smallest absolute Gasteiger partial charge is 0.335 e. The molecule has 59 heavy (non-hydrogen) atoms. The summed E-state index contributed by atoms with van der Waals surface area (Å²) in [5, 5.41) is 0. The van der Waals surface area contributed by atoms with E-state index in [0.29, 0.717) is 12.3 Å². The van der Waals surface area contributed by atoms with Crippen molar-refractivity contribution in [2.24, 2.45) is 0 Å². The number of hydrogen-bond acceptors (Lipinski definition) is 6. The summed E-state index contributed by atoms with van der Waals surface area (Å²) in [7, 11) is 0. The molecule has 1 unspecified atom stereocenters. The molecular formula is C53H54N2O4. The summed E-state index contributed by atoms with van der Waals surface area (Å²) < 4.78 is 10.4. The van der Waals surface area contributed by atoms with Crippen LogP contribution in [0.4, 0.5) is 17.1 Å². The molecule has 6 heteroatoms. The maximum atomic E-state index is 11.7. The second kappa shape index (κ2) is 23.2. The third-order valence-electron chi connectivity index (χ3n) is 9.31. The van der Waals surface area contributed by atoms with Crippen molar-refractivity contribution in [2.75, 3.05) is 23.0 Å². The van der Waals surface area contributed by atoms with Crippen LogP contribution in [0.2, 0.25) is 0 Å². The van der Waals surface area contributed by atoms with Gasteiger partial charge in [0, 0.05) is 47.2 Å². The second-order valence-corrected chi connectivity index (χ2v) is 13.5. The molecule has 6 nitrogen and oxygen atoms in total. The number of rotatable bonds is 19. The molecule has 0 spiro atoms. The summed E-state index contributed by atoms with van der Waals surface area (Å²) >= 11 is 0. The molecule has 0 bridgehead atoms. The van der Waals surface area contributed by atoms with Gasteiger partial charge in [-0.15, -0.1) is 6.42 Å². The predicted octanol–water partition coefficient (Wildman–Crippen LogP) is 12.5. The van der Waals surface area contributed by atoms with Crippen molar-refractivity contribution in [2.45, 2.75) is 47.0 Å². The average molecular weight is 783 g/mol. The van der Waals surface area contributed by atoms with Crippen LogP contribution in [0, 0.1) is 26.2 Å². The van der Waals surface area contributed by atoms with Gasteiger partial charge in [0.05, 0.1) is 5.92 Å². The third-order valence-corrected chi connectivity index (χ3v) is 9.31. The van der Waals surface area contributed by atoms with Gasteiger partial charge in [-0.25, -0.2) is 9.59 Å². The van der Waals surface area contributed by atoms with E-state index in [0.717, 1.165) is 63.7 Å². The number of nitrogens with zero attached hydrogens (tertiary/aromatic N) is 2.